The third kappa shape index (κ3) is 3.79. The summed E-state index contributed by atoms with van der Waals surface area (Å²) < 4.78 is 24.2. The molecule has 1 aromatic heterocycles. The molecule has 4 rings (SSSR count). The van der Waals surface area contributed by atoms with Crippen LogP contribution in [-0.4, -0.2) is 22.9 Å². The minimum atomic E-state index is -0.532. The summed E-state index contributed by atoms with van der Waals surface area (Å²) in [4.78, 5) is 12.1. The van der Waals surface area contributed by atoms with Crippen molar-refractivity contribution in [3.63, 3.8) is 0 Å². The van der Waals surface area contributed by atoms with Crippen LogP contribution in [0.2, 0.25) is 0 Å². The maximum absolute atomic E-state index is 13.6. The van der Waals surface area contributed by atoms with E-state index in [0.717, 1.165) is 11.3 Å². The van der Waals surface area contributed by atoms with Gasteiger partial charge < -0.3 is 20.1 Å². The number of aromatic nitrogens is 2. The van der Waals surface area contributed by atoms with E-state index in [-0.39, 0.29) is 18.2 Å². The van der Waals surface area contributed by atoms with Crippen molar-refractivity contribution in [1.29, 1.82) is 0 Å². The van der Waals surface area contributed by atoms with Crippen molar-refractivity contribution in [1.82, 2.24) is 10.2 Å². The van der Waals surface area contributed by atoms with Crippen molar-refractivity contribution in [2.24, 2.45) is 0 Å². The van der Waals surface area contributed by atoms with Crippen molar-refractivity contribution in [2.75, 3.05) is 17.4 Å². The highest BCUT2D eigenvalue weighted by Crippen LogP contribution is 2.32. The summed E-state index contributed by atoms with van der Waals surface area (Å²) in [6, 6.07) is 14.7. The molecule has 2 aromatic carbocycles. The molecule has 2 N–H and O–H groups in total. The number of para-hydroxylation sites is 1. The molecule has 1 aliphatic heterocycles. The van der Waals surface area contributed by atoms with E-state index < -0.39 is 11.7 Å². The standard InChI is InChI=1S/C19H15FN4O3/c20-13-3-1-2-4-14(13)22-19(25)15-6-8-18(24-23-15)21-10-12-5-7-16-17(9-12)27-11-26-16/h1-9H,10-11H2,(H,21,24)(H,22,25). The van der Waals surface area contributed by atoms with Crippen LogP contribution in [0.3, 0.4) is 0 Å². The van der Waals surface area contributed by atoms with Crippen molar-refractivity contribution >= 4 is 17.4 Å². The van der Waals surface area contributed by atoms with Crippen molar-refractivity contribution in [3.8, 4) is 11.5 Å². The summed E-state index contributed by atoms with van der Waals surface area (Å²) in [5.74, 6) is 0.898. The molecule has 8 heteroatoms. The number of anilines is 2. The van der Waals surface area contributed by atoms with Crippen LogP contribution in [0.4, 0.5) is 15.9 Å². The zero-order valence-electron chi connectivity index (χ0n) is 14.1. The zero-order valence-corrected chi connectivity index (χ0v) is 14.1. The molecule has 0 saturated heterocycles. The molecule has 0 radical (unpaired) electrons. The molecule has 1 amide bonds. The smallest absolute Gasteiger partial charge is 0.276 e. The van der Waals surface area contributed by atoms with Gasteiger partial charge in [-0.3, -0.25) is 4.79 Å². The fraction of sp³-hybridized carbons (Fsp3) is 0.105. The molecule has 0 fully saturated rings. The predicted molar refractivity (Wildman–Crippen MR) is 96.3 cm³/mol. The van der Waals surface area contributed by atoms with Crippen molar-refractivity contribution in [2.45, 2.75) is 6.54 Å². The van der Waals surface area contributed by atoms with Gasteiger partial charge in [0.05, 0.1) is 5.69 Å². The third-order valence-electron chi connectivity index (χ3n) is 3.93. The molecule has 7 nitrogen and oxygen atoms in total. The van der Waals surface area contributed by atoms with Crippen LogP contribution in [0.15, 0.2) is 54.6 Å². The molecular weight excluding hydrogens is 351 g/mol. The van der Waals surface area contributed by atoms with E-state index in [0.29, 0.717) is 18.1 Å². The molecule has 0 unspecified atom stereocenters. The molecule has 0 atom stereocenters. The van der Waals surface area contributed by atoms with Gasteiger partial charge in [0, 0.05) is 6.54 Å². The molecule has 0 bridgehead atoms. The molecule has 3 aromatic rings. The lowest BCUT2D eigenvalue weighted by molar-refractivity contribution is 0.102. The fourth-order valence-corrected chi connectivity index (χ4v) is 2.54. The molecular formula is C19H15FN4O3. The second-order valence-electron chi connectivity index (χ2n) is 5.78. The highest BCUT2D eigenvalue weighted by atomic mass is 19.1. The van der Waals surface area contributed by atoms with Gasteiger partial charge in [0.1, 0.15) is 11.6 Å². The predicted octanol–water partition coefficient (Wildman–Crippen LogP) is 3.21. The fourth-order valence-electron chi connectivity index (χ4n) is 2.54. The molecule has 0 spiro atoms. The van der Waals surface area contributed by atoms with E-state index in [9.17, 15) is 9.18 Å². The maximum atomic E-state index is 13.6. The Labute approximate surface area is 154 Å². The van der Waals surface area contributed by atoms with Crippen LogP contribution in [-0.2, 0) is 6.54 Å². The summed E-state index contributed by atoms with van der Waals surface area (Å²) in [6.07, 6.45) is 0. The Kier molecular flexibility index (Phi) is 4.52. The Morgan fingerprint density at radius 1 is 1.04 bits per heavy atom. The molecule has 27 heavy (non-hydrogen) atoms. The number of fused-ring (bicyclic) bond motifs is 1. The van der Waals surface area contributed by atoms with E-state index in [4.69, 9.17) is 9.47 Å². The maximum Gasteiger partial charge on any atom is 0.276 e. The number of amides is 1. The van der Waals surface area contributed by atoms with Crippen LogP contribution in [0.1, 0.15) is 16.1 Å². The van der Waals surface area contributed by atoms with Gasteiger partial charge in [-0.2, -0.15) is 0 Å². The van der Waals surface area contributed by atoms with Crippen molar-refractivity contribution < 1.29 is 18.7 Å². The Balaban J connectivity index is 1.37. The highest BCUT2D eigenvalue weighted by Gasteiger charge is 2.14. The number of hydrogen-bond donors (Lipinski definition) is 2. The number of rotatable bonds is 5. The number of carbonyl (C=O) groups excluding carboxylic acids is 1. The van der Waals surface area contributed by atoms with Gasteiger partial charge in [-0.1, -0.05) is 18.2 Å². The summed E-state index contributed by atoms with van der Waals surface area (Å²) in [6.45, 7) is 0.736. The quantitative estimate of drug-likeness (QED) is 0.721. The molecule has 2 heterocycles. The number of benzene rings is 2. The SMILES string of the molecule is O=C(Nc1ccccc1F)c1ccc(NCc2ccc3c(c2)OCO3)nn1. The first-order valence-electron chi connectivity index (χ1n) is 8.21. The van der Waals surface area contributed by atoms with Gasteiger partial charge in [-0.05, 0) is 42.0 Å². The second-order valence-corrected chi connectivity index (χ2v) is 5.78. The summed E-state index contributed by atoms with van der Waals surface area (Å²) in [5, 5.41) is 13.4. The number of nitrogens with zero attached hydrogens (tertiary/aromatic N) is 2. The van der Waals surface area contributed by atoms with Crippen molar-refractivity contribution in [3.05, 3.63) is 71.7 Å². The second kappa shape index (κ2) is 7.28. The largest absolute Gasteiger partial charge is 0.454 e. The molecule has 136 valence electrons. The highest BCUT2D eigenvalue weighted by molar-refractivity contribution is 6.02. The average Bonchev–Trinajstić information content (AvgIpc) is 3.16. The van der Waals surface area contributed by atoms with E-state index in [2.05, 4.69) is 20.8 Å². The number of nitrogens with one attached hydrogen (secondary N) is 2. The van der Waals surface area contributed by atoms with Gasteiger partial charge in [0.15, 0.2) is 17.2 Å². The monoisotopic (exact) mass is 366 g/mol. The lowest BCUT2D eigenvalue weighted by Gasteiger charge is -2.07. The van der Waals surface area contributed by atoms with Crippen LogP contribution in [0, 0.1) is 5.82 Å². The lowest BCUT2D eigenvalue weighted by atomic mass is 10.2. The van der Waals surface area contributed by atoms with Gasteiger partial charge in [-0.25, -0.2) is 4.39 Å². The number of carbonyl (C=O) groups is 1. The van der Waals surface area contributed by atoms with Gasteiger partial charge in [-0.15, -0.1) is 10.2 Å². The first-order valence-corrected chi connectivity index (χ1v) is 8.21. The Morgan fingerprint density at radius 2 is 1.89 bits per heavy atom. The van der Waals surface area contributed by atoms with Gasteiger partial charge in [0.2, 0.25) is 6.79 Å². The Hall–Kier alpha value is -3.68. The van der Waals surface area contributed by atoms with Gasteiger partial charge in [0.25, 0.3) is 5.91 Å². The zero-order chi connectivity index (χ0) is 18.6. The van der Waals surface area contributed by atoms with E-state index in [1.165, 1.54) is 18.2 Å². The molecule has 1 aliphatic rings. The first-order chi connectivity index (χ1) is 13.2. The Morgan fingerprint density at radius 3 is 2.70 bits per heavy atom. The van der Waals surface area contributed by atoms with Gasteiger partial charge >= 0.3 is 0 Å². The summed E-state index contributed by atoms with van der Waals surface area (Å²) in [7, 11) is 0. The van der Waals surface area contributed by atoms with E-state index in [1.54, 1.807) is 18.2 Å². The first kappa shape index (κ1) is 16.8. The normalized spacial score (nSPS) is 11.9. The summed E-state index contributed by atoms with van der Waals surface area (Å²) >= 11 is 0. The minimum absolute atomic E-state index is 0.0897. The van der Waals surface area contributed by atoms with Crippen LogP contribution in [0.5, 0.6) is 11.5 Å². The number of hydrogen-bond acceptors (Lipinski definition) is 6. The average molecular weight is 366 g/mol. The van der Waals surface area contributed by atoms with Crippen LogP contribution < -0.4 is 20.1 Å². The van der Waals surface area contributed by atoms with E-state index >= 15 is 0 Å². The minimum Gasteiger partial charge on any atom is -0.454 e. The van der Waals surface area contributed by atoms with Crippen LogP contribution in [0.25, 0.3) is 0 Å². The number of halogens is 1. The van der Waals surface area contributed by atoms with Crippen LogP contribution >= 0.6 is 0 Å². The third-order valence-corrected chi connectivity index (χ3v) is 3.93. The lowest BCUT2D eigenvalue weighted by Crippen LogP contribution is -2.15. The molecule has 0 aliphatic carbocycles. The summed E-state index contributed by atoms with van der Waals surface area (Å²) in [5.41, 5.74) is 1.17. The topological polar surface area (TPSA) is 85.4 Å². The van der Waals surface area contributed by atoms with E-state index in [1.807, 2.05) is 18.2 Å². The Bertz CT molecular complexity index is 979. The molecule has 0 saturated carbocycles. The number of ether oxygens (including phenoxy) is 2.